The minimum absolute atomic E-state index is 0.0669. The molecule has 0 bridgehead atoms. The maximum absolute atomic E-state index is 13.4. The third kappa shape index (κ3) is 17.8. The molecule has 4 rings (SSSR count). The number of benzene rings is 4. The summed E-state index contributed by atoms with van der Waals surface area (Å²) >= 11 is 5.89. The molecule has 4 aromatic carbocycles. The minimum Gasteiger partial charge on any atom is -0.369 e. The van der Waals surface area contributed by atoms with Gasteiger partial charge in [-0.25, -0.2) is 4.39 Å². The Labute approximate surface area is 307 Å². The summed E-state index contributed by atoms with van der Waals surface area (Å²) in [4.78, 5) is 0. The molecule has 0 amide bonds. The van der Waals surface area contributed by atoms with Gasteiger partial charge in [0.25, 0.3) is 0 Å². The number of aryl methyl sites for hydroxylation is 1. The summed E-state index contributed by atoms with van der Waals surface area (Å²) in [5, 5.41) is 6.13. The molecule has 0 aliphatic carbocycles. The second-order valence-corrected chi connectivity index (χ2v) is 14.8. The molecule has 4 N–H and O–H groups in total. The van der Waals surface area contributed by atoms with Crippen molar-refractivity contribution in [3.8, 4) is 11.8 Å². The highest BCUT2D eigenvalue weighted by Gasteiger charge is 2.06. The Kier molecular flexibility index (Phi) is 20.6. The van der Waals surface area contributed by atoms with Crippen LogP contribution in [-0.2, 0) is 19.3 Å². The van der Waals surface area contributed by atoms with Gasteiger partial charge in [0, 0.05) is 36.1 Å². The van der Waals surface area contributed by atoms with Gasteiger partial charge in [0.05, 0.1) is 5.02 Å². The Hall–Kier alpha value is -4.39. The Morgan fingerprint density at radius 3 is 2.26 bits per heavy atom. The van der Waals surface area contributed by atoms with Gasteiger partial charge in [-0.2, -0.15) is 0 Å². The largest absolute Gasteiger partial charge is 0.369 e. The standard InChI is InChI=1S/C34H29ClFN.C7H13N.C3H10NP/c1-25(37-26(2)32-18-19-34(36)33(35)24-32)20-30-16-8-14-28(21-30)12-6-7-13-29-15-9-17-31(23-29)22-27-10-4-3-5-11-27;1-3-5-6-7-8-4-2;1-5(2)3-4/h3-5,8-11,14-19,21,23-24,37H,1-2,7,13,20,22H2;4,6-8H,2-3,5H2,1H3;3-4H2,1-2H3/b;7-6+;. The zero-order chi connectivity index (χ0) is 36.6. The van der Waals surface area contributed by atoms with E-state index in [-0.39, 0.29) is 12.9 Å². The van der Waals surface area contributed by atoms with E-state index in [1.54, 1.807) is 18.3 Å². The highest BCUT2D eigenvalue weighted by molar-refractivity contribution is 7.55. The molecule has 6 heteroatoms. The molecule has 0 fully saturated rings. The molecule has 50 heavy (non-hydrogen) atoms. The van der Waals surface area contributed by atoms with E-state index in [0.29, 0.717) is 12.1 Å². The van der Waals surface area contributed by atoms with Gasteiger partial charge in [0.15, 0.2) is 0 Å². The number of hydrogen-bond donors (Lipinski definition) is 3. The smallest absolute Gasteiger partial charge is 0.141 e. The molecule has 262 valence electrons. The van der Waals surface area contributed by atoms with Gasteiger partial charge in [-0.05, 0) is 103 Å². The second-order valence-electron chi connectivity index (χ2n) is 11.8. The number of hydrogen-bond acceptors (Lipinski definition) is 3. The van der Waals surface area contributed by atoms with Crippen LogP contribution in [0.25, 0.3) is 5.70 Å². The van der Waals surface area contributed by atoms with Crippen LogP contribution in [0.4, 0.5) is 4.39 Å². The van der Waals surface area contributed by atoms with Crippen LogP contribution in [0.3, 0.4) is 0 Å². The lowest BCUT2D eigenvalue weighted by Gasteiger charge is -2.13. The van der Waals surface area contributed by atoms with Gasteiger partial charge in [0.1, 0.15) is 5.82 Å². The van der Waals surface area contributed by atoms with Gasteiger partial charge in [-0.15, -0.1) is 0 Å². The summed E-state index contributed by atoms with van der Waals surface area (Å²) in [6, 6.07) is 32.0. The van der Waals surface area contributed by atoms with E-state index in [0.717, 1.165) is 54.4 Å². The molecule has 0 aliphatic heterocycles. The topological polar surface area (TPSA) is 50.1 Å². The maximum Gasteiger partial charge on any atom is 0.141 e. The number of nitrogens with two attached hydrogens (primary N) is 1. The maximum atomic E-state index is 13.4. The van der Waals surface area contributed by atoms with Crippen molar-refractivity contribution >= 4 is 25.2 Å². The minimum atomic E-state index is -0.452. The van der Waals surface area contributed by atoms with Crippen LogP contribution in [0.1, 0.15) is 59.6 Å². The average molecular weight is 708 g/mol. The summed E-state index contributed by atoms with van der Waals surface area (Å²) in [6.07, 6.45) is 12.1. The van der Waals surface area contributed by atoms with Crippen LogP contribution in [0, 0.1) is 17.7 Å². The second kappa shape index (κ2) is 24.7. The summed E-state index contributed by atoms with van der Waals surface area (Å²) in [5.41, 5.74) is 13.4. The van der Waals surface area contributed by atoms with Crippen molar-refractivity contribution in [3.05, 3.63) is 185 Å². The molecule has 4 aromatic rings. The van der Waals surface area contributed by atoms with Gasteiger partial charge in [-0.1, -0.05) is 137 Å². The van der Waals surface area contributed by atoms with E-state index in [1.165, 1.54) is 29.2 Å². The summed E-state index contributed by atoms with van der Waals surface area (Å²) in [7, 11) is 0.180. The zero-order valence-electron chi connectivity index (χ0n) is 29.8. The Morgan fingerprint density at radius 1 is 0.900 bits per heavy atom. The molecule has 0 heterocycles. The highest BCUT2D eigenvalue weighted by atomic mass is 35.5. The number of unbranched alkanes of at least 4 members (excludes halogenated alkanes) is 1. The first-order valence-electron chi connectivity index (χ1n) is 16.8. The first kappa shape index (κ1) is 41.8. The van der Waals surface area contributed by atoms with E-state index >= 15 is 0 Å². The summed E-state index contributed by atoms with van der Waals surface area (Å²) < 4.78 is 13.4. The van der Waals surface area contributed by atoms with Crippen LogP contribution < -0.4 is 16.4 Å². The predicted molar refractivity (Wildman–Crippen MR) is 219 cm³/mol. The van der Waals surface area contributed by atoms with Gasteiger partial charge in [-0.3, -0.25) is 0 Å². The molecular weight excluding hydrogens is 656 g/mol. The van der Waals surface area contributed by atoms with E-state index in [2.05, 4.69) is 123 Å². The molecule has 3 nitrogen and oxygen atoms in total. The summed E-state index contributed by atoms with van der Waals surface area (Å²) in [6.45, 7) is 18.1. The van der Waals surface area contributed by atoms with Gasteiger partial charge < -0.3 is 16.4 Å². The zero-order valence-corrected chi connectivity index (χ0v) is 31.5. The van der Waals surface area contributed by atoms with E-state index in [4.69, 9.17) is 17.3 Å². The number of allylic oxidation sites excluding steroid dienone is 2. The van der Waals surface area contributed by atoms with E-state index < -0.39 is 5.82 Å². The van der Waals surface area contributed by atoms with Gasteiger partial charge in [0.2, 0.25) is 0 Å². The van der Waals surface area contributed by atoms with Crippen LogP contribution in [0.15, 0.2) is 141 Å². The molecule has 0 radical (unpaired) electrons. The molecule has 0 atom stereocenters. The number of halogens is 2. The highest BCUT2D eigenvalue weighted by Crippen LogP contribution is 2.21. The van der Waals surface area contributed by atoms with Crippen LogP contribution in [0.2, 0.25) is 5.02 Å². The van der Waals surface area contributed by atoms with E-state index in [9.17, 15) is 4.39 Å². The third-order valence-corrected chi connectivity index (χ3v) is 8.13. The van der Waals surface area contributed by atoms with Crippen molar-refractivity contribution < 1.29 is 4.39 Å². The Bertz CT molecular complexity index is 1720. The number of rotatable bonds is 14. The lowest BCUT2D eigenvalue weighted by Crippen LogP contribution is -2.12. The third-order valence-electron chi connectivity index (χ3n) is 7.11. The molecule has 0 aromatic heterocycles. The number of nitrogens with one attached hydrogen (secondary N) is 2. The lowest BCUT2D eigenvalue weighted by atomic mass is 10.0. The normalized spacial score (nSPS) is 10.1. The van der Waals surface area contributed by atoms with Gasteiger partial charge >= 0.3 is 0 Å². The molecule has 0 unspecified atom stereocenters. The van der Waals surface area contributed by atoms with Crippen molar-refractivity contribution in [2.75, 3.05) is 19.6 Å². The SMILES string of the molecule is C=C(Cc1cccc(C#CCCc2cccc(Cc3ccccc3)c2)c1)NC(=C)c1ccc(F)c(Cl)c1.C=CN/C=C/CCC.CP(C)CN. The fraction of sp³-hybridized carbons (Fsp3) is 0.227. The first-order chi connectivity index (χ1) is 24.1. The Balaban J connectivity index is 0.000000567. The average Bonchev–Trinajstić information content (AvgIpc) is 3.11. The molecule has 0 aliphatic rings. The quantitative estimate of drug-likeness (QED) is 0.0903. The lowest BCUT2D eigenvalue weighted by molar-refractivity contribution is 0.628. The Morgan fingerprint density at radius 2 is 1.58 bits per heavy atom. The van der Waals surface area contributed by atoms with Crippen molar-refractivity contribution in [2.45, 2.75) is 45.4 Å². The van der Waals surface area contributed by atoms with E-state index in [1.807, 2.05) is 30.5 Å². The van der Waals surface area contributed by atoms with Crippen molar-refractivity contribution in [2.24, 2.45) is 5.73 Å². The monoisotopic (exact) mass is 707 g/mol. The fourth-order valence-electron chi connectivity index (χ4n) is 4.50. The molecular formula is C44H52ClFN3P. The van der Waals surface area contributed by atoms with Crippen molar-refractivity contribution in [1.29, 1.82) is 0 Å². The summed E-state index contributed by atoms with van der Waals surface area (Å²) in [5.74, 6) is 6.16. The van der Waals surface area contributed by atoms with Crippen LogP contribution >= 0.6 is 19.5 Å². The predicted octanol–water partition coefficient (Wildman–Crippen LogP) is 11.0. The molecule has 0 saturated heterocycles. The first-order valence-corrected chi connectivity index (χ1v) is 19.6. The fourth-order valence-corrected chi connectivity index (χ4v) is 4.68. The van der Waals surface area contributed by atoms with Crippen LogP contribution in [0.5, 0.6) is 0 Å². The van der Waals surface area contributed by atoms with Crippen molar-refractivity contribution in [3.63, 3.8) is 0 Å². The molecule has 0 saturated carbocycles. The van der Waals surface area contributed by atoms with Crippen LogP contribution in [-0.4, -0.2) is 19.6 Å². The molecule has 0 spiro atoms. The van der Waals surface area contributed by atoms with Crippen molar-refractivity contribution in [1.82, 2.24) is 10.6 Å².